The van der Waals surface area contributed by atoms with Crippen LogP contribution in [-0.2, 0) is 0 Å². The van der Waals surface area contributed by atoms with Crippen molar-refractivity contribution in [3.05, 3.63) is 182 Å². The summed E-state index contributed by atoms with van der Waals surface area (Å²) in [5.41, 5.74) is 8.90. The summed E-state index contributed by atoms with van der Waals surface area (Å²) < 4.78 is 7.34. The molecule has 6 heteroatoms. The molecule has 4 aromatic heterocycles. The number of nitrogens with zero attached hydrogens (tertiary/aromatic N) is 4. The molecule has 0 radical (unpaired) electrons. The summed E-state index contributed by atoms with van der Waals surface area (Å²) in [6.07, 6.45) is 0. The third-order valence-corrected chi connectivity index (χ3v) is 13.3. The van der Waals surface area contributed by atoms with E-state index in [1.165, 1.54) is 73.3 Å². The van der Waals surface area contributed by atoms with Gasteiger partial charge in [0.2, 0.25) is 0 Å². The summed E-state index contributed by atoms with van der Waals surface area (Å²) in [6.45, 7) is 0. The van der Waals surface area contributed by atoms with Crippen LogP contribution in [0.5, 0.6) is 0 Å². The van der Waals surface area contributed by atoms with Gasteiger partial charge in [-0.3, -0.25) is 0 Å². The van der Waals surface area contributed by atoms with E-state index in [4.69, 9.17) is 15.0 Å². The minimum Gasteiger partial charge on any atom is -0.309 e. The van der Waals surface area contributed by atoms with Crippen LogP contribution in [-0.4, -0.2) is 19.5 Å². The molecule has 0 atom stereocenters. The van der Waals surface area contributed by atoms with Crippen molar-refractivity contribution in [2.24, 2.45) is 0 Å². The molecule has 266 valence electrons. The van der Waals surface area contributed by atoms with Gasteiger partial charge in [-0.05, 0) is 71.8 Å². The summed E-state index contributed by atoms with van der Waals surface area (Å²) in [6, 6.07) is 64.9. The molecular formula is C51H30N4S2. The van der Waals surface area contributed by atoms with E-state index in [2.05, 4.69) is 168 Å². The number of benzene rings is 8. The molecule has 12 rings (SSSR count). The van der Waals surface area contributed by atoms with Gasteiger partial charge in [0.1, 0.15) is 0 Å². The smallest absolute Gasteiger partial charge is 0.164 e. The van der Waals surface area contributed by atoms with Gasteiger partial charge in [0.25, 0.3) is 0 Å². The van der Waals surface area contributed by atoms with Crippen LogP contribution in [0.25, 0.3) is 113 Å². The van der Waals surface area contributed by atoms with Crippen molar-refractivity contribution in [3.63, 3.8) is 0 Å². The molecule has 0 saturated heterocycles. The molecule has 0 bridgehead atoms. The second-order valence-electron chi connectivity index (χ2n) is 14.3. The predicted molar refractivity (Wildman–Crippen MR) is 242 cm³/mol. The van der Waals surface area contributed by atoms with Crippen LogP contribution in [0, 0.1) is 0 Å². The number of hydrogen-bond acceptors (Lipinski definition) is 5. The van der Waals surface area contributed by atoms with Crippen molar-refractivity contribution in [3.8, 4) is 51.0 Å². The molecule has 0 fully saturated rings. The first-order valence-electron chi connectivity index (χ1n) is 19.0. The van der Waals surface area contributed by atoms with Crippen molar-refractivity contribution < 1.29 is 0 Å². The van der Waals surface area contributed by atoms with E-state index in [9.17, 15) is 0 Å². The summed E-state index contributed by atoms with van der Waals surface area (Å²) >= 11 is 3.64. The maximum Gasteiger partial charge on any atom is 0.164 e. The van der Waals surface area contributed by atoms with Gasteiger partial charge in [-0.2, -0.15) is 0 Å². The summed E-state index contributed by atoms with van der Waals surface area (Å²) in [5.74, 6) is 1.98. The van der Waals surface area contributed by atoms with Crippen molar-refractivity contribution in [2.45, 2.75) is 0 Å². The lowest BCUT2D eigenvalue weighted by molar-refractivity contribution is 1.08. The lowest BCUT2D eigenvalue weighted by Gasteiger charge is -2.11. The number of rotatable bonds is 5. The number of thiophene rings is 2. The topological polar surface area (TPSA) is 43.6 Å². The first-order valence-corrected chi connectivity index (χ1v) is 20.7. The highest BCUT2D eigenvalue weighted by atomic mass is 32.1. The Morgan fingerprint density at radius 1 is 0.333 bits per heavy atom. The molecule has 4 nitrogen and oxygen atoms in total. The molecule has 0 saturated carbocycles. The number of para-hydroxylation sites is 2. The highest BCUT2D eigenvalue weighted by Gasteiger charge is 2.21. The third-order valence-electron chi connectivity index (χ3n) is 11.1. The maximum atomic E-state index is 5.28. The largest absolute Gasteiger partial charge is 0.309 e. The Labute approximate surface area is 335 Å². The first-order chi connectivity index (χ1) is 28.3. The molecular weight excluding hydrogens is 733 g/mol. The molecule has 0 N–H and O–H groups in total. The van der Waals surface area contributed by atoms with Crippen molar-refractivity contribution in [1.29, 1.82) is 0 Å². The van der Waals surface area contributed by atoms with Gasteiger partial charge in [0.15, 0.2) is 17.5 Å². The minimum atomic E-state index is 0.655. The van der Waals surface area contributed by atoms with Gasteiger partial charge in [0.05, 0.1) is 11.0 Å². The van der Waals surface area contributed by atoms with Crippen LogP contribution >= 0.6 is 22.7 Å². The zero-order valence-corrected chi connectivity index (χ0v) is 32.1. The molecule has 57 heavy (non-hydrogen) atoms. The van der Waals surface area contributed by atoms with Crippen molar-refractivity contribution >= 4 is 84.8 Å². The Morgan fingerprint density at radius 3 is 1.67 bits per heavy atom. The molecule has 0 amide bonds. The molecule has 0 aliphatic rings. The fourth-order valence-electron chi connectivity index (χ4n) is 8.59. The van der Waals surface area contributed by atoms with Crippen LogP contribution in [0.3, 0.4) is 0 Å². The molecule has 0 unspecified atom stereocenters. The summed E-state index contributed by atoms with van der Waals surface area (Å²) in [4.78, 5) is 15.6. The van der Waals surface area contributed by atoms with Crippen LogP contribution < -0.4 is 0 Å². The molecule has 0 aliphatic heterocycles. The Kier molecular flexibility index (Phi) is 7.24. The maximum absolute atomic E-state index is 5.28. The van der Waals surface area contributed by atoms with E-state index in [-0.39, 0.29) is 0 Å². The van der Waals surface area contributed by atoms with Crippen molar-refractivity contribution in [1.82, 2.24) is 19.5 Å². The average molecular weight is 763 g/mol. The SMILES string of the molecule is c1ccc(-c2nc(-c3ccc4sc5cccc(-c6cccc7c6c6ccccc6n7-c6ccccc6)c5c4c3)nc(-c3cccc4sc5ccccc5c34)n2)cc1. The van der Waals surface area contributed by atoms with Gasteiger partial charge in [-0.15, -0.1) is 22.7 Å². The van der Waals surface area contributed by atoms with E-state index in [0.29, 0.717) is 17.5 Å². The summed E-state index contributed by atoms with van der Waals surface area (Å²) in [5, 5.41) is 7.34. The Bertz CT molecular complexity index is 3530. The Hall–Kier alpha value is -6.99. The fraction of sp³-hybridized carbons (Fsp3) is 0. The normalized spacial score (nSPS) is 11.9. The molecule has 0 spiro atoms. The van der Waals surface area contributed by atoms with Crippen LogP contribution in [0.4, 0.5) is 0 Å². The van der Waals surface area contributed by atoms with Gasteiger partial charge in [-0.1, -0.05) is 121 Å². The minimum absolute atomic E-state index is 0.655. The quantitative estimate of drug-likeness (QED) is 0.175. The van der Waals surface area contributed by atoms with E-state index in [1.807, 2.05) is 29.5 Å². The standard InChI is InChI=1S/C51H30N4S2/c1-3-14-31(15-4-1)49-52-50(54-51(53-49)38-22-13-27-45-48(38)37-19-8-10-25-42(37)56-45)32-28-29-43-39(30-32)47-35(21-12-26-44(47)57-43)34-20-11-24-41-46(34)36-18-7-9-23-40(36)55(41)33-16-5-2-6-17-33/h1-30H. The van der Waals surface area contributed by atoms with Gasteiger partial charge >= 0.3 is 0 Å². The van der Waals surface area contributed by atoms with Crippen LogP contribution in [0.15, 0.2) is 182 Å². The van der Waals surface area contributed by atoms with E-state index >= 15 is 0 Å². The second-order valence-corrected chi connectivity index (χ2v) is 16.5. The average Bonchev–Trinajstić information content (AvgIpc) is 3.96. The first kappa shape index (κ1) is 32.3. The second kappa shape index (κ2) is 12.8. The summed E-state index contributed by atoms with van der Waals surface area (Å²) in [7, 11) is 0. The van der Waals surface area contributed by atoms with Crippen molar-refractivity contribution in [2.75, 3.05) is 0 Å². The number of fused-ring (bicyclic) bond motifs is 9. The lowest BCUT2D eigenvalue weighted by Crippen LogP contribution is -2.00. The lowest BCUT2D eigenvalue weighted by atomic mass is 9.95. The number of aromatic nitrogens is 4. The van der Waals surface area contributed by atoms with Gasteiger partial charge < -0.3 is 4.57 Å². The van der Waals surface area contributed by atoms with E-state index < -0.39 is 0 Å². The van der Waals surface area contributed by atoms with Crippen LogP contribution in [0.1, 0.15) is 0 Å². The van der Waals surface area contributed by atoms with Crippen LogP contribution in [0.2, 0.25) is 0 Å². The third kappa shape index (κ3) is 5.08. The molecule has 0 aliphatic carbocycles. The zero-order valence-electron chi connectivity index (χ0n) is 30.4. The highest BCUT2D eigenvalue weighted by Crippen LogP contribution is 2.46. The predicted octanol–water partition coefficient (Wildman–Crippen LogP) is 14.4. The van der Waals surface area contributed by atoms with Gasteiger partial charge in [0, 0.05) is 73.5 Å². The molecule has 4 heterocycles. The molecule has 12 aromatic rings. The monoisotopic (exact) mass is 762 g/mol. The fourth-order valence-corrected chi connectivity index (χ4v) is 10.8. The Morgan fingerprint density at radius 2 is 0.877 bits per heavy atom. The number of hydrogen-bond donors (Lipinski definition) is 0. The van der Waals surface area contributed by atoms with E-state index in [0.717, 1.165) is 22.4 Å². The molecule has 8 aromatic carbocycles. The van der Waals surface area contributed by atoms with E-state index in [1.54, 1.807) is 11.3 Å². The zero-order chi connectivity index (χ0) is 37.5. The van der Waals surface area contributed by atoms with Gasteiger partial charge in [-0.25, -0.2) is 15.0 Å². The highest BCUT2D eigenvalue weighted by molar-refractivity contribution is 7.26. The Balaban J connectivity index is 1.09.